The Morgan fingerprint density at radius 2 is 2.08 bits per heavy atom. The largest absolute Gasteiger partial charge is 0.377 e. The Bertz CT molecular complexity index is 116. The van der Waals surface area contributed by atoms with Crippen molar-refractivity contribution in [3.8, 4) is 0 Å². The molecule has 0 aliphatic heterocycles. The van der Waals surface area contributed by atoms with Gasteiger partial charge in [0.1, 0.15) is 0 Å². The van der Waals surface area contributed by atoms with Crippen molar-refractivity contribution in [2.24, 2.45) is 5.41 Å². The van der Waals surface area contributed by atoms with Gasteiger partial charge in [0, 0.05) is 6.61 Å². The van der Waals surface area contributed by atoms with Gasteiger partial charge in [-0.3, -0.25) is 0 Å². The topological polar surface area (TPSA) is 9.23 Å². The van der Waals surface area contributed by atoms with E-state index in [0.29, 0.717) is 12.0 Å². The molecule has 12 heavy (non-hydrogen) atoms. The highest BCUT2D eigenvalue weighted by Crippen LogP contribution is 2.25. The summed E-state index contributed by atoms with van der Waals surface area (Å²) in [6, 6.07) is 0. The van der Waals surface area contributed by atoms with Crippen LogP contribution in [-0.4, -0.2) is 13.2 Å². The summed E-state index contributed by atoms with van der Waals surface area (Å²) in [6.45, 7) is 12.0. The second-order valence-electron chi connectivity index (χ2n) is 3.98. The van der Waals surface area contributed by atoms with Gasteiger partial charge in [0.15, 0.2) is 0 Å². The summed E-state index contributed by atoms with van der Waals surface area (Å²) in [6.07, 6.45) is 5.45. The van der Waals surface area contributed by atoms with Gasteiger partial charge in [0.05, 0.1) is 6.61 Å². The van der Waals surface area contributed by atoms with Gasteiger partial charge < -0.3 is 4.74 Å². The molecule has 0 bridgehead atoms. The second kappa shape index (κ2) is 6.24. The van der Waals surface area contributed by atoms with E-state index in [9.17, 15) is 0 Å². The molecule has 0 radical (unpaired) electrons. The molecular weight excluding hydrogens is 148 g/mol. The first-order valence-corrected chi connectivity index (χ1v) is 4.81. The Kier molecular flexibility index (Phi) is 6.09. The van der Waals surface area contributed by atoms with E-state index in [1.54, 1.807) is 6.08 Å². The van der Waals surface area contributed by atoms with Gasteiger partial charge in [-0.05, 0) is 18.3 Å². The quantitative estimate of drug-likeness (QED) is 0.420. The van der Waals surface area contributed by atoms with Gasteiger partial charge in [0.2, 0.25) is 0 Å². The second-order valence-corrected chi connectivity index (χ2v) is 3.98. The average molecular weight is 170 g/mol. The standard InChI is InChI=1S/C11H22O/c1-5-9-12-10-7-8-11(3,4)6-2/h5H,1,6-10H2,2-4H3. The summed E-state index contributed by atoms with van der Waals surface area (Å²) < 4.78 is 5.30. The Balaban J connectivity index is 3.24. The minimum atomic E-state index is 0.484. The molecule has 0 aliphatic rings. The normalized spacial score (nSPS) is 11.6. The maximum absolute atomic E-state index is 5.30. The number of ether oxygens (including phenoxy) is 1. The van der Waals surface area contributed by atoms with Crippen molar-refractivity contribution in [1.29, 1.82) is 0 Å². The minimum absolute atomic E-state index is 0.484. The third-order valence-corrected chi connectivity index (χ3v) is 2.34. The Morgan fingerprint density at radius 1 is 1.42 bits per heavy atom. The highest BCUT2D eigenvalue weighted by molar-refractivity contribution is 4.67. The molecule has 0 fully saturated rings. The fourth-order valence-corrected chi connectivity index (χ4v) is 0.996. The fraction of sp³-hybridized carbons (Fsp3) is 0.818. The zero-order chi connectivity index (χ0) is 9.45. The van der Waals surface area contributed by atoms with Crippen LogP contribution in [0.2, 0.25) is 0 Å². The summed E-state index contributed by atoms with van der Waals surface area (Å²) >= 11 is 0. The van der Waals surface area contributed by atoms with E-state index >= 15 is 0 Å². The predicted octanol–water partition coefficient (Wildman–Crippen LogP) is 3.41. The van der Waals surface area contributed by atoms with E-state index in [0.717, 1.165) is 13.0 Å². The molecule has 0 unspecified atom stereocenters. The molecule has 0 spiro atoms. The monoisotopic (exact) mass is 170 g/mol. The highest BCUT2D eigenvalue weighted by Gasteiger charge is 2.13. The Morgan fingerprint density at radius 3 is 2.58 bits per heavy atom. The van der Waals surface area contributed by atoms with E-state index in [4.69, 9.17) is 4.74 Å². The molecule has 0 aromatic heterocycles. The lowest BCUT2D eigenvalue weighted by Gasteiger charge is -2.21. The Labute approximate surface area is 76.8 Å². The van der Waals surface area contributed by atoms with Crippen LogP contribution >= 0.6 is 0 Å². The first-order valence-electron chi connectivity index (χ1n) is 4.81. The van der Waals surface area contributed by atoms with Crippen LogP contribution in [0.1, 0.15) is 40.0 Å². The molecule has 0 amide bonds. The molecule has 0 saturated carbocycles. The van der Waals surface area contributed by atoms with Crippen LogP contribution in [0.5, 0.6) is 0 Å². The number of hydrogen-bond donors (Lipinski definition) is 0. The zero-order valence-electron chi connectivity index (χ0n) is 8.73. The van der Waals surface area contributed by atoms with Crippen LogP contribution in [0.4, 0.5) is 0 Å². The predicted molar refractivity (Wildman–Crippen MR) is 54.3 cm³/mol. The highest BCUT2D eigenvalue weighted by atomic mass is 16.5. The lowest BCUT2D eigenvalue weighted by molar-refractivity contribution is 0.144. The van der Waals surface area contributed by atoms with Gasteiger partial charge in [-0.1, -0.05) is 33.3 Å². The summed E-state index contributed by atoms with van der Waals surface area (Å²) in [5, 5.41) is 0. The third kappa shape index (κ3) is 6.41. The van der Waals surface area contributed by atoms with E-state index in [2.05, 4.69) is 27.4 Å². The fourth-order valence-electron chi connectivity index (χ4n) is 0.996. The first kappa shape index (κ1) is 11.7. The van der Waals surface area contributed by atoms with Crippen LogP contribution in [0.25, 0.3) is 0 Å². The van der Waals surface area contributed by atoms with Crippen LogP contribution in [0.15, 0.2) is 12.7 Å². The molecular formula is C11H22O. The molecule has 0 N–H and O–H groups in total. The summed E-state index contributed by atoms with van der Waals surface area (Å²) in [7, 11) is 0. The number of rotatable bonds is 7. The summed E-state index contributed by atoms with van der Waals surface area (Å²) in [4.78, 5) is 0. The molecule has 0 heterocycles. The maximum atomic E-state index is 5.30. The van der Waals surface area contributed by atoms with Crippen molar-refractivity contribution in [1.82, 2.24) is 0 Å². The molecule has 72 valence electrons. The van der Waals surface area contributed by atoms with Gasteiger partial charge in [-0.25, -0.2) is 0 Å². The molecule has 0 atom stereocenters. The third-order valence-electron chi connectivity index (χ3n) is 2.34. The van der Waals surface area contributed by atoms with E-state index in [-0.39, 0.29) is 0 Å². The van der Waals surface area contributed by atoms with Crippen molar-refractivity contribution < 1.29 is 4.74 Å². The van der Waals surface area contributed by atoms with Crippen LogP contribution < -0.4 is 0 Å². The molecule has 0 rings (SSSR count). The van der Waals surface area contributed by atoms with Crippen LogP contribution in [0, 0.1) is 5.41 Å². The van der Waals surface area contributed by atoms with Gasteiger partial charge in [0.25, 0.3) is 0 Å². The molecule has 0 aromatic carbocycles. The van der Waals surface area contributed by atoms with E-state index in [1.807, 2.05) is 0 Å². The van der Waals surface area contributed by atoms with Crippen molar-refractivity contribution in [2.45, 2.75) is 40.0 Å². The van der Waals surface area contributed by atoms with Crippen LogP contribution in [0.3, 0.4) is 0 Å². The van der Waals surface area contributed by atoms with Gasteiger partial charge >= 0.3 is 0 Å². The maximum Gasteiger partial charge on any atom is 0.0644 e. The smallest absolute Gasteiger partial charge is 0.0644 e. The lowest BCUT2D eigenvalue weighted by Crippen LogP contribution is -2.10. The lowest BCUT2D eigenvalue weighted by atomic mass is 9.85. The summed E-state index contributed by atoms with van der Waals surface area (Å²) in [5.41, 5.74) is 0.484. The Hall–Kier alpha value is -0.300. The first-order chi connectivity index (χ1) is 5.62. The van der Waals surface area contributed by atoms with Crippen molar-refractivity contribution >= 4 is 0 Å². The average Bonchev–Trinajstić information content (AvgIpc) is 2.04. The molecule has 1 heteroatoms. The SMILES string of the molecule is C=CCOCCCC(C)(C)CC. The van der Waals surface area contributed by atoms with Gasteiger partial charge in [-0.15, -0.1) is 6.58 Å². The number of hydrogen-bond acceptors (Lipinski definition) is 1. The van der Waals surface area contributed by atoms with Crippen LogP contribution in [-0.2, 0) is 4.74 Å². The molecule has 0 aliphatic carbocycles. The summed E-state index contributed by atoms with van der Waals surface area (Å²) in [5.74, 6) is 0. The molecule has 1 nitrogen and oxygen atoms in total. The van der Waals surface area contributed by atoms with E-state index in [1.165, 1.54) is 12.8 Å². The molecule has 0 saturated heterocycles. The van der Waals surface area contributed by atoms with Gasteiger partial charge in [-0.2, -0.15) is 0 Å². The minimum Gasteiger partial charge on any atom is -0.377 e. The van der Waals surface area contributed by atoms with Crippen molar-refractivity contribution in [3.63, 3.8) is 0 Å². The van der Waals surface area contributed by atoms with Crippen molar-refractivity contribution in [2.75, 3.05) is 13.2 Å². The van der Waals surface area contributed by atoms with Crippen molar-refractivity contribution in [3.05, 3.63) is 12.7 Å². The van der Waals surface area contributed by atoms with E-state index < -0.39 is 0 Å². The zero-order valence-corrected chi connectivity index (χ0v) is 8.73. The molecule has 0 aromatic rings.